The van der Waals surface area contributed by atoms with Gasteiger partial charge in [-0.05, 0) is 36.5 Å². The average molecular weight is 287 g/mol. The van der Waals surface area contributed by atoms with E-state index in [1.54, 1.807) is 0 Å². The van der Waals surface area contributed by atoms with E-state index < -0.39 is 0 Å². The summed E-state index contributed by atoms with van der Waals surface area (Å²) in [6, 6.07) is 7.84. The molecule has 2 N–H and O–H groups in total. The summed E-state index contributed by atoms with van der Waals surface area (Å²) in [4.78, 5) is 1.00. The van der Waals surface area contributed by atoms with E-state index in [-0.39, 0.29) is 6.04 Å². The number of nitrogens with zero attached hydrogens (tertiary/aromatic N) is 2. The third-order valence-electron chi connectivity index (χ3n) is 3.42. The molecule has 0 aliphatic rings. The van der Waals surface area contributed by atoms with Crippen molar-refractivity contribution in [2.24, 2.45) is 5.73 Å². The molecule has 2 heterocycles. The molecule has 4 nitrogen and oxygen atoms in total. The molecule has 0 bridgehead atoms. The van der Waals surface area contributed by atoms with Crippen molar-refractivity contribution in [3.63, 3.8) is 0 Å². The Hall–Kier alpha value is -1.72. The van der Waals surface area contributed by atoms with Crippen molar-refractivity contribution in [1.82, 2.24) is 9.59 Å². The van der Waals surface area contributed by atoms with Crippen LogP contribution in [0.4, 0.5) is 0 Å². The zero-order chi connectivity index (χ0) is 14.1. The lowest BCUT2D eigenvalue weighted by Crippen LogP contribution is -2.11. The Morgan fingerprint density at radius 3 is 3.00 bits per heavy atom. The molecule has 104 valence electrons. The predicted octanol–water partition coefficient (Wildman–Crippen LogP) is 3.59. The number of benzene rings is 1. The molecule has 20 heavy (non-hydrogen) atoms. The molecule has 0 radical (unpaired) electrons. The molecule has 0 fully saturated rings. The maximum Gasteiger partial charge on any atom is 0.137 e. The van der Waals surface area contributed by atoms with Gasteiger partial charge in [-0.15, -0.1) is 5.10 Å². The Morgan fingerprint density at radius 2 is 2.25 bits per heavy atom. The molecule has 1 atom stereocenters. The van der Waals surface area contributed by atoms with Crippen molar-refractivity contribution in [3.05, 3.63) is 46.2 Å². The topological polar surface area (TPSA) is 64.9 Å². The highest BCUT2D eigenvalue weighted by Crippen LogP contribution is 2.31. The number of fused-ring (bicyclic) bond motifs is 1. The molecule has 0 aliphatic heterocycles. The van der Waals surface area contributed by atoms with Crippen molar-refractivity contribution in [1.29, 1.82) is 0 Å². The lowest BCUT2D eigenvalue weighted by molar-refractivity contribution is 0.524. The maximum absolute atomic E-state index is 6.34. The van der Waals surface area contributed by atoms with E-state index in [1.165, 1.54) is 11.5 Å². The van der Waals surface area contributed by atoms with Crippen molar-refractivity contribution in [2.45, 2.75) is 32.7 Å². The van der Waals surface area contributed by atoms with Gasteiger partial charge in [0.2, 0.25) is 0 Å². The van der Waals surface area contributed by atoms with Crippen LogP contribution in [-0.2, 0) is 6.42 Å². The zero-order valence-corrected chi connectivity index (χ0v) is 12.4. The molecule has 5 heteroatoms. The van der Waals surface area contributed by atoms with Gasteiger partial charge in [0.15, 0.2) is 0 Å². The first-order valence-corrected chi connectivity index (χ1v) is 7.53. The number of nitrogens with two attached hydrogens (primary N) is 1. The van der Waals surface area contributed by atoms with E-state index in [1.807, 2.05) is 31.2 Å². The summed E-state index contributed by atoms with van der Waals surface area (Å²) in [6.07, 6.45) is 1.93. The number of para-hydroxylation sites is 1. The Balaban J connectivity index is 2.01. The van der Waals surface area contributed by atoms with Gasteiger partial charge in [-0.3, -0.25) is 0 Å². The molecule has 0 aliphatic carbocycles. The van der Waals surface area contributed by atoms with Crippen LogP contribution in [0.15, 0.2) is 28.7 Å². The quantitative estimate of drug-likeness (QED) is 0.796. The minimum absolute atomic E-state index is 0.289. The summed E-state index contributed by atoms with van der Waals surface area (Å²) in [6.45, 7) is 4.16. The second-order valence-corrected chi connectivity index (χ2v) is 5.74. The first kappa shape index (κ1) is 13.3. The van der Waals surface area contributed by atoms with Crippen molar-refractivity contribution >= 4 is 22.5 Å². The summed E-state index contributed by atoms with van der Waals surface area (Å²) in [5, 5.41) is 5.26. The lowest BCUT2D eigenvalue weighted by atomic mass is 10.1. The number of hydrogen-bond donors (Lipinski definition) is 1. The van der Waals surface area contributed by atoms with Crippen LogP contribution in [0.1, 0.15) is 41.3 Å². The van der Waals surface area contributed by atoms with Crippen LogP contribution in [0.3, 0.4) is 0 Å². The fourth-order valence-corrected chi connectivity index (χ4v) is 3.08. The molecule has 0 saturated carbocycles. The molecular weight excluding hydrogens is 270 g/mol. The molecular formula is C15H17N3OS. The Bertz CT molecular complexity index is 732. The highest BCUT2D eigenvalue weighted by Gasteiger charge is 2.20. The normalized spacial score (nSPS) is 12.9. The standard InChI is InChI=1S/C15H17N3OS/c1-3-5-11-15(20-18-17-11)13(16)12-8-10-7-4-6-9(2)14(10)19-12/h4,6-8,13H,3,5,16H2,1-2H3. The second kappa shape index (κ2) is 5.34. The van der Waals surface area contributed by atoms with Gasteiger partial charge in [0.25, 0.3) is 0 Å². The largest absolute Gasteiger partial charge is 0.459 e. The number of hydrogen-bond acceptors (Lipinski definition) is 5. The molecule has 1 aromatic carbocycles. The van der Waals surface area contributed by atoms with Gasteiger partial charge < -0.3 is 10.2 Å². The minimum Gasteiger partial charge on any atom is -0.459 e. The van der Waals surface area contributed by atoms with E-state index in [0.29, 0.717) is 0 Å². The summed E-state index contributed by atoms with van der Waals surface area (Å²) in [5.74, 6) is 0.776. The van der Waals surface area contributed by atoms with E-state index in [2.05, 4.69) is 16.5 Å². The third-order valence-corrected chi connectivity index (χ3v) is 4.27. The van der Waals surface area contributed by atoms with E-state index >= 15 is 0 Å². The van der Waals surface area contributed by atoms with Crippen molar-refractivity contribution in [3.8, 4) is 0 Å². The van der Waals surface area contributed by atoms with Gasteiger partial charge in [-0.1, -0.05) is 36.0 Å². The molecule has 2 aromatic heterocycles. The molecule has 3 aromatic rings. The van der Waals surface area contributed by atoms with Gasteiger partial charge >= 0.3 is 0 Å². The number of rotatable bonds is 4. The molecule has 0 spiro atoms. The highest BCUT2D eigenvalue weighted by atomic mass is 32.1. The number of aryl methyl sites for hydroxylation is 2. The Labute approximate surface area is 121 Å². The van der Waals surface area contributed by atoms with E-state index in [0.717, 1.165) is 45.7 Å². The van der Waals surface area contributed by atoms with Crippen LogP contribution in [0.2, 0.25) is 0 Å². The highest BCUT2D eigenvalue weighted by molar-refractivity contribution is 7.05. The number of aromatic nitrogens is 2. The minimum atomic E-state index is -0.289. The first-order valence-electron chi connectivity index (χ1n) is 6.76. The fraction of sp³-hybridized carbons (Fsp3) is 0.333. The Morgan fingerprint density at radius 1 is 1.40 bits per heavy atom. The van der Waals surface area contributed by atoms with Crippen molar-refractivity contribution in [2.75, 3.05) is 0 Å². The fourth-order valence-electron chi connectivity index (χ4n) is 2.37. The van der Waals surface area contributed by atoms with Crippen LogP contribution < -0.4 is 5.73 Å². The summed E-state index contributed by atoms with van der Waals surface area (Å²) in [7, 11) is 0. The van der Waals surface area contributed by atoms with Crippen LogP contribution in [0.25, 0.3) is 11.0 Å². The summed E-state index contributed by atoms with van der Waals surface area (Å²) >= 11 is 1.36. The van der Waals surface area contributed by atoms with Gasteiger partial charge in [-0.2, -0.15) is 0 Å². The first-order chi connectivity index (χ1) is 9.70. The van der Waals surface area contributed by atoms with E-state index in [4.69, 9.17) is 10.2 Å². The van der Waals surface area contributed by atoms with Gasteiger partial charge in [0.1, 0.15) is 17.4 Å². The molecule has 3 rings (SSSR count). The maximum atomic E-state index is 6.34. The van der Waals surface area contributed by atoms with Crippen LogP contribution in [-0.4, -0.2) is 9.59 Å². The molecule has 0 saturated heterocycles. The second-order valence-electron chi connectivity index (χ2n) is 4.95. The van der Waals surface area contributed by atoms with Crippen LogP contribution in [0, 0.1) is 6.92 Å². The SMILES string of the molecule is CCCc1nnsc1C(N)c1cc2cccc(C)c2o1. The summed E-state index contributed by atoms with van der Waals surface area (Å²) in [5.41, 5.74) is 9.36. The van der Waals surface area contributed by atoms with E-state index in [9.17, 15) is 0 Å². The van der Waals surface area contributed by atoms with Crippen molar-refractivity contribution < 1.29 is 4.42 Å². The third kappa shape index (κ3) is 2.23. The van der Waals surface area contributed by atoms with Gasteiger partial charge in [-0.25, -0.2) is 0 Å². The summed E-state index contributed by atoms with van der Waals surface area (Å²) < 4.78 is 9.97. The predicted molar refractivity (Wildman–Crippen MR) is 80.9 cm³/mol. The molecule has 1 unspecified atom stereocenters. The molecule has 0 amide bonds. The number of furan rings is 1. The monoisotopic (exact) mass is 287 g/mol. The zero-order valence-electron chi connectivity index (χ0n) is 11.6. The van der Waals surface area contributed by atoms with Crippen LogP contribution in [0.5, 0.6) is 0 Å². The average Bonchev–Trinajstić information content (AvgIpc) is 3.05. The van der Waals surface area contributed by atoms with Gasteiger partial charge in [0.05, 0.1) is 10.6 Å². The van der Waals surface area contributed by atoms with Gasteiger partial charge in [0, 0.05) is 5.39 Å². The lowest BCUT2D eigenvalue weighted by Gasteiger charge is -2.07. The van der Waals surface area contributed by atoms with Crippen LogP contribution >= 0.6 is 11.5 Å². The Kier molecular flexibility index (Phi) is 3.54. The smallest absolute Gasteiger partial charge is 0.137 e.